The molecule has 1 aromatic heterocycles. The van der Waals surface area contributed by atoms with Gasteiger partial charge < -0.3 is 5.32 Å². The quantitative estimate of drug-likeness (QED) is 0.877. The number of piperazine rings is 1. The molecule has 0 spiro atoms. The van der Waals surface area contributed by atoms with E-state index >= 15 is 0 Å². The summed E-state index contributed by atoms with van der Waals surface area (Å²) in [4.78, 5) is 6.94. The lowest BCUT2D eigenvalue weighted by molar-refractivity contribution is 0.0876. The molecule has 2 rings (SSSR count). The van der Waals surface area contributed by atoms with Crippen molar-refractivity contribution in [1.29, 1.82) is 0 Å². The number of aromatic nitrogens is 1. The molecule has 2 unspecified atom stereocenters. The lowest BCUT2D eigenvalue weighted by atomic mass is 9.85. The highest BCUT2D eigenvalue weighted by Gasteiger charge is 2.32. The number of nitrogens with one attached hydrogen (secondary N) is 1. The molecule has 2 atom stereocenters. The van der Waals surface area contributed by atoms with E-state index in [0.29, 0.717) is 17.5 Å². The average Bonchev–Trinajstić information content (AvgIpc) is 2.72. The zero-order chi connectivity index (χ0) is 12.5. The summed E-state index contributed by atoms with van der Waals surface area (Å²) in [7, 11) is 0. The van der Waals surface area contributed by atoms with Crippen LogP contribution in [0.1, 0.15) is 32.7 Å². The first-order valence-corrected chi connectivity index (χ1v) is 7.20. The second-order valence-electron chi connectivity index (χ2n) is 6.03. The van der Waals surface area contributed by atoms with Crippen molar-refractivity contribution in [3.63, 3.8) is 0 Å². The Morgan fingerprint density at radius 3 is 2.88 bits per heavy atom. The zero-order valence-corrected chi connectivity index (χ0v) is 12.0. The smallest absolute Gasteiger partial charge is 0.107 e. The lowest BCUT2D eigenvalue weighted by Crippen LogP contribution is -2.59. The van der Waals surface area contributed by atoms with Crippen molar-refractivity contribution in [2.24, 2.45) is 5.41 Å². The van der Waals surface area contributed by atoms with Crippen LogP contribution >= 0.6 is 11.3 Å². The molecule has 1 aliphatic rings. The van der Waals surface area contributed by atoms with Crippen LogP contribution < -0.4 is 5.32 Å². The normalized spacial score (nSPS) is 27.3. The fourth-order valence-corrected chi connectivity index (χ4v) is 2.87. The van der Waals surface area contributed by atoms with E-state index in [1.807, 2.05) is 6.20 Å². The Bertz CT molecular complexity index is 342. The Hall–Kier alpha value is -0.450. The van der Waals surface area contributed by atoms with Crippen molar-refractivity contribution in [2.75, 3.05) is 13.1 Å². The molecule has 1 aliphatic heterocycles. The first-order chi connectivity index (χ1) is 7.97. The second-order valence-corrected chi connectivity index (χ2v) is 7.01. The predicted octanol–water partition coefficient (Wildman–Crippen LogP) is 2.35. The topological polar surface area (TPSA) is 28.2 Å². The maximum atomic E-state index is 4.39. The minimum Gasteiger partial charge on any atom is -0.311 e. The predicted molar refractivity (Wildman–Crippen MR) is 73.2 cm³/mol. The Morgan fingerprint density at radius 1 is 1.53 bits per heavy atom. The van der Waals surface area contributed by atoms with Crippen LogP contribution in [0.2, 0.25) is 0 Å². The SMILES string of the molecule is CC1CNC(C(C)(C)C)CN1Cc1nccs1. The van der Waals surface area contributed by atoms with E-state index in [4.69, 9.17) is 0 Å². The summed E-state index contributed by atoms with van der Waals surface area (Å²) < 4.78 is 0. The molecule has 4 heteroatoms. The maximum absolute atomic E-state index is 4.39. The van der Waals surface area contributed by atoms with Gasteiger partial charge in [0.25, 0.3) is 0 Å². The maximum Gasteiger partial charge on any atom is 0.107 e. The van der Waals surface area contributed by atoms with Gasteiger partial charge in [-0.05, 0) is 12.3 Å². The molecule has 2 heterocycles. The monoisotopic (exact) mass is 253 g/mol. The molecular weight excluding hydrogens is 230 g/mol. The van der Waals surface area contributed by atoms with Crippen LogP contribution in [0.25, 0.3) is 0 Å². The molecule has 0 saturated carbocycles. The molecule has 0 aliphatic carbocycles. The number of hydrogen-bond acceptors (Lipinski definition) is 4. The fraction of sp³-hybridized carbons (Fsp3) is 0.769. The van der Waals surface area contributed by atoms with Crippen LogP contribution in [0.3, 0.4) is 0 Å². The van der Waals surface area contributed by atoms with Gasteiger partial charge in [-0.1, -0.05) is 20.8 Å². The Kier molecular flexibility index (Phi) is 3.85. The van der Waals surface area contributed by atoms with E-state index in [1.165, 1.54) is 5.01 Å². The van der Waals surface area contributed by atoms with Crippen LogP contribution in [-0.2, 0) is 6.54 Å². The molecule has 1 aromatic rings. The van der Waals surface area contributed by atoms with Gasteiger partial charge in [-0.3, -0.25) is 4.90 Å². The summed E-state index contributed by atoms with van der Waals surface area (Å²) in [5.41, 5.74) is 0.321. The van der Waals surface area contributed by atoms with Crippen LogP contribution in [0.4, 0.5) is 0 Å². The minimum absolute atomic E-state index is 0.321. The van der Waals surface area contributed by atoms with E-state index in [9.17, 15) is 0 Å². The number of rotatable bonds is 2. The third-order valence-electron chi connectivity index (χ3n) is 3.57. The summed E-state index contributed by atoms with van der Waals surface area (Å²) in [5, 5.41) is 6.95. The van der Waals surface area contributed by atoms with E-state index in [0.717, 1.165) is 19.6 Å². The molecule has 1 N–H and O–H groups in total. The van der Waals surface area contributed by atoms with Gasteiger partial charge in [-0.25, -0.2) is 4.98 Å². The molecular formula is C13H23N3S. The van der Waals surface area contributed by atoms with Gasteiger partial charge in [0.1, 0.15) is 5.01 Å². The Morgan fingerprint density at radius 2 is 2.29 bits per heavy atom. The van der Waals surface area contributed by atoms with Gasteiger partial charge in [0.2, 0.25) is 0 Å². The molecule has 96 valence electrons. The van der Waals surface area contributed by atoms with Crippen molar-refractivity contribution < 1.29 is 0 Å². The van der Waals surface area contributed by atoms with Gasteiger partial charge in [0.05, 0.1) is 6.54 Å². The number of nitrogens with zero attached hydrogens (tertiary/aromatic N) is 2. The Balaban J connectivity index is 2.00. The summed E-state index contributed by atoms with van der Waals surface area (Å²) in [6.07, 6.45) is 1.90. The van der Waals surface area contributed by atoms with Gasteiger partial charge in [0.15, 0.2) is 0 Å². The van der Waals surface area contributed by atoms with Crippen molar-refractivity contribution in [3.05, 3.63) is 16.6 Å². The highest BCUT2D eigenvalue weighted by Crippen LogP contribution is 2.24. The highest BCUT2D eigenvalue weighted by atomic mass is 32.1. The van der Waals surface area contributed by atoms with Gasteiger partial charge >= 0.3 is 0 Å². The minimum atomic E-state index is 0.321. The number of hydrogen-bond donors (Lipinski definition) is 1. The Labute approximate surface area is 108 Å². The first kappa shape index (κ1) is 13.0. The van der Waals surface area contributed by atoms with Crippen LogP contribution in [0, 0.1) is 5.41 Å². The van der Waals surface area contributed by atoms with Crippen molar-refractivity contribution in [3.8, 4) is 0 Å². The first-order valence-electron chi connectivity index (χ1n) is 6.32. The summed E-state index contributed by atoms with van der Waals surface area (Å²) in [5.74, 6) is 0. The van der Waals surface area contributed by atoms with E-state index < -0.39 is 0 Å². The third kappa shape index (κ3) is 3.27. The molecule has 0 amide bonds. The summed E-state index contributed by atoms with van der Waals surface area (Å²) >= 11 is 1.75. The van der Waals surface area contributed by atoms with Gasteiger partial charge in [-0.2, -0.15) is 0 Å². The second kappa shape index (κ2) is 5.04. The third-order valence-corrected chi connectivity index (χ3v) is 4.33. The molecule has 1 saturated heterocycles. The summed E-state index contributed by atoms with van der Waals surface area (Å²) in [6, 6.07) is 1.16. The highest BCUT2D eigenvalue weighted by molar-refractivity contribution is 7.09. The zero-order valence-electron chi connectivity index (χ0n) is 11.2. The van der Waals surface area contributed by atoms with Crippen LogP contribution in [0.5, 0.6) is 0 Å². The van der Waals surface area contributed by atoms with Gasteiger partial charge in [0, 0.05) is 36.8 Å². The molecule has 0 radical (unpaired) electrons. The molecule has 17 heavy (non-hydrogen) atoms. The largest absolute Gasteiger partial charge is 0.311 e. The molecule has 0 aromatic carbocycles. The molecule has 0 bridgehead atoms. The lowest BCUT2D eigenvalue weighted by Gasteiger charge is -2.43. The van der Waals surface area contributed by atoms with E-state index in [2.05, 4.69) is 48.3 Å². The number of thiazole rings is 1. The van der Waals surface area contributed by atoms with Crippen molar-refractivity contribution in [2.45, 2.75) is 46.3 Å². The molecule has 1 fully saturated rings. The fourth-order valence-electron chi connectivity index (χ4n) is 2.23. The average molecular weight is 253 g/mol. The standard InChI is InChI=1S/C13H23N3S/c1-10-7-15-11(13(2,3)4)8-16(10)9-12-14-5-6-17-12/h5-6,10-11,15H,7-9H2,1-4H3. The van der Waals surface area contributed by atoms with Crippen LogP contribution in [0.15, 0.2) is 11.6 Å². The van der Waals surface area contributed by atoms with E-state index in [-0.39, 0.29) is 0 Å². The van der Waals surface area contributed by atoms with Crippen LogP contribution in [-0.4, -0.2) is 35.1 Å². The molecule has 3 nitrogen and oxygen atoms in total. The van der Waals surface area contributed by atoms with E-state index in [1.54, 1.807) is 11.3 Å². The van der Waals surface area contributed by atoms with Crippen molar-refractivity contribution >= 4 is 11.3 Å². The summed E-state index contributed by atoms with van der Waals surface area (Å²) in [6.45, 7) is 12.4. The van der Waals surface area contributed by atoms with Crippen molar-refractivity contribution in [1.82, 2.24) is 15.2 Å². The van der Waals surface area contributed by atoms with Gasteiger partial charge in [-0.15, -0.1) is 11.3 Å².